The molecule has 39 heavy (non-hydrogen) atoms. The Labute approximate surface area is 230 Å². The Morgan fingerprint density at radius 3 is 2.10 bits per heavy atom. The van der Waals surface area contributed by atoms with Crippen LogP contribution in [0.25, 0.3) is 0 Å². The van der Waals surface area contributed by atoms with Crippen LogP contribution in [0.15, 0.2) is 24.3 Å². The summed E-state index contributed by atoms with van der Waals surface area (Å²) in [4.78, 5) is 65.0. The number of carbonyl (C=O) groups excluding carboxylic acids is 5. The van der Waals surface area contributed by atoms with Crippen molar-refractivity contribution in [3.05, 3.63) is 35.4 Å². The third-order valence-corrected chi connectivity index (χ3v) is 5.19. The van der Waals surface area contributed by atoms with Gasteiger partial charge in [0.1, 0.15) is 17.7 Å². The van der Waals surface area contributed by atoms with Gasteiger partial charge >= 0.3 is 12.1 Å². The summed E-state index contributed by atoms with van der Waals surface area (Å²) in [7, 11) is 0. The van der Waals surface area contributed by atoms with E-state index >= 15 is 0 Å². The van der Waals surface area contributed by atoms with Crippen LogP contribution in [0.2, 0.25) is 0 Å². The van der Waals surface area contributed by atoms with Crippen molar-refractivity contribution in [1.29, 1.82) is 0 Å². The molecule has 4 N–H and O–H groups in total. The molecule has 0 bridgehead atoms. The molecule has 0 heterocycles. The Morgan fingerprint density at radius 1 is 1.05 bits per heavy atom. The highest BCUT2D eigenvalue weighted by molar-refractivity contribution is 5.95. The van der Waals surface area contributed by atoms with Crippen LogP contribution in [0.3, 0.4) is 0 Å². The lowest BCUT2D eigenvalue weighted by atomic mass is 9.94. The Morgan fingerprint density at radius 2 is 1.64 bits per heavy atom. The molecule has 0 aliphatic heterocycles. The second-order valence-corrected chi connectivity index (χ2v) is 10.8. The number of rotatable bonds is 11. The van der Waals surface area contributed by atoms with E-state index in [9.17, 15) is 24.0 Å². The number of carbonyl (C=O) groups is 5. The zero-order valence-corrected chi connectivity index (χ0v) is 23.8. The number of hydrogen-bond donors (Lipinski definition) is 3. The summed E-state index contributed by atoms with van der Waals surface area (Å²) >= 11 is 0. The molecular weight excluding hydrogens is 504 g/mol. The minimum absolute atomic E-state index is 0.0380. The number of primary amides is 1. The summed E-state index contributed by atoms with van der Waals surface area (Å²) in [5.41, 5.74) is 4.52. The van der Waals surface area contributed by atoms with E-state index in [-0.39, 0.29) is 19.6 Å². The Hall–Kier alpha value is -4.07. The molecule has 0 fully saturated rings. The maximum atomic E-state index is 14.0. The van der Waals surface area contributed by atoms with Gasteiger partial charge in [-0.1, -0.05) is 18.1 Å². The van der Waals surface area contributed by atoms with Gasteiger partial charge in [0.2, 0.25) is 17.7 Å². The molecule has 0 saturated heterocycles. The van der Waals surface area contributed by atoms with Gasteiger partial charge in [-0.25, -0.2) is 4.79 Å². The molecule has 1 aromatic rings. The first-order valence-electron chi connectivity index (χ1n) is 12.6. The minimum atomic E-state index is -1.42. The molecule has 1 rings (SSSR count). The maximum absolute atomic E-state index is 14.0. The summed E-state index contributed by atoms with van der Waals surface area (Å²) in [6.45, 7) is 11.9. The fourth-order valence-electron chi connectivity index (χ4n) is 3.66. The highest BCUT2D eigenvalue weighted by atomic mass is 16.6. The molecule has 0 aliphatic carbocycles. The van der Waals surface area contributed by atoms with E-state index in [0.717, 1.165) is 0 Å². The van der Waals surface area contributed by atoms with E-state index in [1.54, 1.807) is 72.7 Å². The van der Waals surface area contributed by atoms with Gasteiger partial charge in [0, 0.05) is 17.6 Å². The quantitative estimate of drug-likeness (QED) is 0.285. The Balaban J connectivity index is 3.52. The zero-order chi connectivity index (χ0) is 30.0. The average Bonchev–Trinajstić information content (AvgIpc) is 2.79. The second kappa shape index (κ2) is 14.2. The Kier molecular flexibility index (Phi) is 12.0. The van der Waals surface area contributed by atoms with Gasteiger partial charge in [0.05, 0.1) is 19.4 Å². The molecule has 214 valence electrons. The predicted molar refractivity (Wildman–Crippen MR) is 145 cm³/mol. The molecule has 4 amide bonds. The number of nitrogens with one attached hydrogen (secondary N) is 2. The maximum Gasteiger partial charge on any atom is 0.408 e. The van der Waals surface area contributed by atoms with Gasteiger partial charge < -0.3 is 30.7 Å². The smallest absolute Gasteiger partial charge is 0.408 e. The zero-order valence-electron chi connectivity index (χ0n) is 23.8. The standard InChI is InChI=1S/C28H40N4O7/c1-9-18-11-13-19(14-12-18)23(24(35)30-16-15-22(34)38-10-2)32(27(3,4)5)25(36)20(17-21(29)33)31-26(37)39-28(6,7)8/h1,11-14,20,23H,10,15-17H2,2-8H3,(H2,29,33)(H,30,35)(H,31,37). The fourth-order valence-corrected chi connectivity index (χ4v) is 3.66. The molecule has 0 radical (unpaired) electrons. The summed E-state index contributed by atoms with van der Waals surface area (Å²) in [5, 5.41) is 5.10. The van der Waals surface area contributed by atoms with Crippen LogP contribution in [-0.2, 0) is 28.7 Å². The van der Waals surface area contributed by atoms with Crippen molar-refractivity contribution < 1.29 is 33.4 Å². The number of ether oxygens (including phenoxy) is 2. The summed E-state index contributed by atoms with van der Waals surface area (Å²) < 4.78 is 10.2. The van der Waals surface area contributed by atoms with Gasteiger partial charge in [0.15, 0.2) is 0 Å². The van der Waals surface area contributed by atoms with Crippen molar-refractivity contribution >= 4 is 29.8 Å². The third kappa shape index (κ3) is 11.1. The number of nitrogens with zero attached hydrogens (tertiary/aromatic N) is 1. The number of nitrogens with two attached hydrogens (primary N) is 1. The molecule has 2 atom stereocenters. The van der Waals surface area contributed by atoms with Crippen molar-refractivity contribution in [3.63, 3.8) is 0 Å². The van der Waals surface area contributed by atoms with E-state index in [0.29, 0.717) is 11.1 Å². The molecule has 0 spiro atoms. The van der Waals surface area contributed by atoms with Gasteiger partial charge in [-0.05, 0) is 66.2 Å². The third-order valence-electron chi connectivity index (χ3n) is 5.19. The van der Waals surface area contributed by atoms with Crippen molar-refractivity contribution in [2.24, 2.45) is 5.73 Å². The van der Waals surface area contributed by atoms with Crippen LogP contribution in [0.5, 0.6) is 0 Å². The topological polar surface area (TPSA) is 157 Å². The second-order valence-electron chi connectivity index (χ2n) is 10.8. The number of benzene rings is 1. The first-order valence-corrected chi connectivity index (χ1v) is 12.6. The average molecular weight is 545 g/mol. The van der Waals surface area contributed by atoms with Gasteiger partial charge in [0.25, 0.3) is 0 Å². The van der Waals surface area contributed by atoms with E-state index in [1.807, 2.05) is 0 Å². The highest BCUT2D eigenvalue weighted by Gasteiger charge is 2.42. The first kappa shape index (κ1) is 33.0. The van der Waals surface area contributed by atoms with Crippen LogP contribution in [0.1, 0.15) is 78.5 Å². The van der Waals surface area contributed by atoms with Crippen LogP contribution in [0.4, 0.5) is 4.79 Å². The van der Waals surface area contributed by atoms with Crippen LogP contribution in [-0.4, -0.2) is 65.0 Å². The molecule has 11 nitrogen and oxygen atoms in total. The van der Waals surface area contributed by atoms with Crippen LogP contribution < -0.4 is 16.4 Å². The van der Waals surface area contributed by atoms with Gasteiger partial charge in [-0.3, -0.25) is 19.2 Å². The molecule has 0 aromatic heterocycles. The molecule has 0 aliphatic rings. The normalized spacial score (nSPS) is 12.8. The van der Waals surface area contributed by atoms with Crippen molar-refractivity contribution in [1.82, 2.24) is 15.5 Å². The van der Waals surface area contributed by atoms with Gasteiger partial charge in [-0.2, -0.15) is 0 Å². The number of amides is 4. The summed E-state index contributed by atoms with van der Waals surface area (Å²) in [6.07, 6.45) is 3.95. The van der Waals surface area contributed by atoms with Crippen molar-refractivity contribution in [2.75, 3.05) is 13.2 Å². The lowest BCUT2D eigenvalue weighted by Crippen LogP contribution is -2.59. The van der Waals surface area contributed by atoms with Crippen molar-refractivity contribution in [3.8, 4) is 12.3 Å². The number of hydrogen-bond acceptors (Lipinski definition) is 7. The number of terminal acetylenes is 1. The molecular formula is C28H40N4O7. The SMILES string of the molecule is C#Cc1ccc(C(C(=O)NCCC(=O)OCC)N(C(=O)C(CC(N)=O)NC(=O)OC(C)(C)C)C(C)(C)C)cc1. The number of esters is 1. The Bertz CT molecular complexity index is 1080. The minimum Gasteiger partial charge on any atom is -0.466 e. The molecule has 11 heteroatoms. The molecule has 2 unspecified atom stereocenters. The predicted octanol–water partition coefficient (Wildman–Crippen LogP) is 2.17. The fraction of sp³-hybridized carbons (Fsp3) is 0.536. The summed E-state index contributed by atoms with van der Waals surface area (Å²) in [5.74, 6) is -0.158. The van der Waals surface area contributed by atoms with Crippen molar-refractivity contribution in [2.45, 2.75) is 84.5 Å². The molecule has 1 aromatic carbocycles. The molecule has 0 saturated carbocycles. The highest BCUT2D eigenvalue weighted by Crippen LogP contribution is 2.30. The van der Waals surface area contributed by atoms with E-state index in [4.69, 9.17) is 21.6 Å². The lowest BCUT2D eigenvalue weighted by molar-refractivity contribution is -0.149. The van der Waals surface area contributed by atoms with E-state index < -0.39 is 59.4 Å². The number of alkyl carbamates (subject to hydrolysis) is 1. The largest absolute Gasteiger partial charge is 0.466 e. The summed E-state index contributed by atoms with van der Waals surface area (Å²) in [6, 6.07) is 3.83. The monoisotopic (exact) mass is 544 g/mol. The van der Waals surface area contributed by atoms with Crippen LogP contribution >= 0.6 is 0 Å². The van der Waals surface area contributed by atoms with E-state index in [1.165, 1.54) is 4.90 Å². The first-order chi connectivity index (χ1) is 18.0. The van der Waals surface area contributed by atoms with Gasteiger partial charge in [-0.15, -0.1) is 6.42 Å². The van der Waals surface area contributed by atoms with E-state index in [2.05, 4.69) is 16.6 Å². The van der Waals surface area contributed by atoms with Crippen LogP contribution in [0, 0.1) is 12.3 Å². The lowest BCUT2D eigenvalue weighted by Gasteiger charge is -2.43.